The maximum atomic E-state index is 12.1. The largest absolute Gasteiger partial charge is 0.618 e. The zero-order chi connectivity index (χ0) is 15.4. The van der Waals surface area contributed by atoms with Crippen LogP contribution in [0, 0.1) is 5.21 Å². The topological polar surface area (TPSA) is 68.8 Å². The third-order valence-corrected chi connectivity index (χ3v) is 2.86. The van der Waals surface area contributed by atoms with Gasteiger partial charge in [0.1, 0.15) is 5.75 Å². The van der Waals surface area contributed by atoms with E-state index in [4.69, 9.17) is 9.15 Å². The highest BCUT2D eigenvalue weighted by molar-refractivity contribution is 5.73. The van der Waals surface area contributed by atoms with Crippen molar-refractivity contribution in [1.29, 1.82) is 0 Å². The average Bonchev–Trinajstić information content (AvgIpc) is 2.46. The second-order valence-corrected chi connectivity index (χ2v) is 4.58. The number of anilines is 1. The van der Waals surface area contributed by atoms with Crippen molar-refractivity contribution in [2.75, 3.05) is 26.1 Å². The van der Waals surface area contributed by atoms with Crippen molar-refractivity contribution in [1.82, 2.24) is 0 Å². The summed E-state index contributed by atoms with van der Waals surface area (Å²) in [4.78, 5) is 13.2. The molecule has 6 nitrogen and oxygen atoms in total. The van der Waals surface area contributed by atoms with E-state index in [2.05, 4.69) is 0 Å². The van der Waals surface area contributed by atoms with Gasteiger partial charge in [-0.1, -0.05) is 0 Å². The Labute approximate surface area is 122 Å². The van der Waals surface area contributed by atoms with Crippen LogP contribution in [-0.4, -0.2) is 32.2 Å². The third-order valence-electron chi connectivity index (χ3n) is 2.86. The molecule has 2 aromatic rings. The van der Waals surface area contributed by atoms with Crippen molar-refractivity contribution in [2.24, 2.45) is 0 Å². The fourth-order valence-corrected chi connectivity index (χ4v) is 1.74. The minimum atomic E-state index is -0.572. The van der Waals surface area contributed by atoms with Gasteiger partial charge in [0.05, 0.1) is 13.2 Å². The van der Waals surface area contributed by atoms with Crippen LogP contribution in [0.4, 0.5) is 11.4 Å². The molecule has 1 heterocycles. The Morgan fingerprint density at radius 1 is 1.24 bits per heavy atom. The smallest absolute Gasteiger partial charge is 0.340 e. The monoisotopic (exact) mass is 288 g/mol. The molecular formula is C15H16N2O4. The van der Waals surface area contributed by atoms with Crippen molar-refractivity contribution in [2.45, 2.75) is 0 Å². The van der Waals surface area contributed by atoms with E-state index in [1.54, 1.807) is 12.1 Å². The first kappa shape index (κ1) is 14.6. The highest BCUT2D eigenvalue weighted by atomic mass is 16.5. The summed E-state index contributed by atoms with van der Waals surface area (Å²) in [6, 6.07) is 9.72. The molecule has 0 radical (unpaired) electrons. The summed E-state index contributed by atoms with van der Waals surface area (Å²) in [6.45, 7) is 0. The van der Waals surface area contributed by atoms with E-state index in [0.717, 1.165) is 5.69 Å². The second kappa shape index (κ2) is 6.13. The van der Waals surface area contributed by atoms with E-state index < -0.39 is 5.63 Å². The zero-order valence-electron chi connectivity index (χ0n) is 12.1. The molecule has 0 fully saturated rings. The van der Waals surface area contributed by atoms with Crippen LogP contribution in [0.3, 0.4) is 0 Å². The SMILES string of the molecule is COc1cc(/C=[N+](/[O-])c2ccc(N(C)C)cc2)oc(=O)c1. The predicted molar refractivity (Wildman–Crippen MR) is 80.8 cm³/mol. The van der Waals surface area contributed by atoms with Crippen LogP contribution in [0.25, 0.3) is 0 Å². The van der Waals surface area contributed by atoms with E-state index in [1.165, 1.54) is 25.5 Å². The molecule has 0 N–H and O–H groups in total. The molecule has 0 aliphatic carbocycles. The minimum Gasteiger partial charge on any atom is -0.618 e. The number of benzene rings is 1. The van der Waals surface area contributed by atoms with Gasteiger partial charge >= 0.3 is 5.63 Å². The Morgan fingerprint density at radius 3 is 2.48 bits per heavy atom. The molecule has 110 valence electrons. The van der Waals surface area contributed by atoms with Crippen LogP contribution >= 0.6 is 0 Å². The Bertz CT molecular complexity index is 702. The molecule has 21 heavy (non-hydrogen) atoms. The Morgan fingerprint density at radius 2 is 1.90 bits per heavy atom. The first-order valence-electron chi connectivity index (χ1n) is 6.27. The predicted octanol–water partition coefficient (Wildman–Crippen LogP) is 1.98. The third kappa shape index (κ3) is 3.62. The van der Waals surface area contributed by atoms with Gasteiger partial charge in [0.15, 0.2) is 5.76 Å². The van der Waals surface area contributed by atoms with Crippen LogP contribution < -0.4 is 15.3 Å². The standard InChI is InChI=1S/C15H16N2O4/c1-16(2)11-4-6-12(7-5-11)17(19)10-14-8-13(20-3)9-15(18)21-14/h4-10H,1-3H3/b17-10+. The molecule has 6 heteroatoms. The summed E-state index contributed by atoms with van der Waals surface area (Å²) < 4.78 is 10.5. The molecule has 0 amide bonds. The minimum absolute atomic E-state index is 0.131. The van der Waals surface area contributed by atoms with Gasteiger partial charge in [-0.3, -0.25) is 0 Å². The molecule has 2 rings (SSSR count). The van der Waals surface area contributed by atoms with Gasteiger partial charge in [0, 0.05) is 38.0 Å². The molecule has 0 spiro atoms. The van der Waals surface area contributed by atoms with Crippen molar-refractivity contribution >= 4 is 17.6 Å². The second-order valence-electron chi connectivity index (χ2n) is 4.58. The first-order valence-corrected chi connectivity index (χ1v) is 6.27. The summed E-state index contributed by atoms with van der Waals surface area (Å²) in [5.41, 5.74) is 0.850. The summed E-state index contributed by atoms with van der Waals surface area (Å²) >= 11 is 0. The van der Waals surface area contributed by atoms with Gasteiger partial charge in [-0.25, -0.2) is 4.79 Å². The lowest BCUT2D eigenvalue weighted by atomic mass is 10.2. The van der Waals surface area contributed by atoms with Gasteiger partial charge in [-0.2, -0.15) is 4.74 Å². The lowest BCUT2D eigenvalue weighted by Crippen LogP contribution is -2.08. The molecule has 1 aromatic carbocycles. The zero-order valence-corrected chi connectivity index (χ0v) is 12.1. The van der Waals surface area contributed by atoms with Crippen LogP contribution in [-0.2, 0) is 0 Å². The number of rotatable bonds is 4. The van der Waals surface area contributed by atoms with Crippen molar-refractivity contribution in [3.8, 4) is 5.75 Å². The van der Waals surface area contributed by atoms with E-state index in [-0.39, 0.29) is 5.76 Å². The van der Waals surface area contributed by atoms with Gasteiger partial charge in [-0.15, -0.1) is 0 Å². The normalized spacial score (nSPS) is 11.3. The van der Waals surface area contributed by atoms with Crippen molar-refractivity contribution in [3.05, 3.63) is 57.8 Å². The number of hydrogen-bond donors (Lipinski definition) is 0. The summed E-state index contributed by atoms with van der Waals surface area (Å²) in [5, 5.41) is 12.1. The summed E-state index contributed by atoms with van der Waals surface area (Å²) in [7, 11) is 5.27. The number of methoxy groups -OCH3 is 1. The maximum absolute atomic E-state index is 12.1. The van der Waals surface area contributed by atoms with Gasteiger partial charge in [0.2, 0.25) is 11.9 Å². The maximum Gasteiger partial charge on any atom is 0.340 e. The number of nitrogens with zero attached hydrogens (tertiary/aromatic N) is 2. The molecule has 0 aliphatic heterocycles. The molecule has 0 aliphatic rings. The van der Waals surface area contributed by atoms with E-state index in [0.29, 0.717) is 16.2 Å². The lowest BCUT2D eigenvalue weighted by Gasteiger charge is -2.12. The first-order chi connectivity index (χ1) is 9.99. The van der Waals surface area contributed by atoms with E-state index >= 15 is 0 Å². The average molecular weight is 288 g/mol. The Balaban J connectivity index is 2.32. The molecule has 0 atom stereocenters. The summed E-state index contributed by atoms with van der Waals surface area (Å²) in [6.07, 6.45) is 1.19. The number of ether oxygens (including phenoxy) is 1. The van der Waals surface area contributed by atoms with Crippen LogP contribution in [0.1, 0.15) is 5.76 Å². The molecule has 0 saturated heterocycles. The van der Waals surface area contributed by atoms with Gasteiger partial charge in [0.25, 0.3) is 0 Å². The van der Waals surface area contributed by atoms with Crippen LogP contribution in [0.5, 0.6) is 5.75 Å². The Hall–Kier alpha value is -2.76. The molecular weight excluding hydrogens is 272 g/mol. The molecule has 0 unspecified atom stereocenters. The molecule has 1 aromatic heterocycles. The summed E-state index contributed by atoms with van der Waals surface area (Å²) in [5.74, 6) is 0.472. The highest BCUT2D eigenvalue weighted by Gasteiger charge is 2.06. The fraction of sp³-hybridized carbons (Fsp3) is 0.200. The van der Waals surface area contributed by atoms with Crippen LogP contribution in [0.15, 0.2) is 45.6 Å². The molecule has 0 bridgehead atoms. The Kier molecular flexibility index (Phi) is 4.27. The highest BCUT2D eigenvalue weighted by Crippen LogP contribution is 2.17. The van der Waals surface area contributed by atoms with E-state index in [1.807, 2.05) is 31.1 Å². The van der Waals surface area contributed by atoms with Crippen LogP contribution in [0.2, 0.25) is 0 Å². The quantitative estimate of drug-likeness (QED) is 0.372. The van der Waals surface area contributed by atoms with Gasteiger partial charge in [-0.05, 0) is 12.1 Å². The van der Waals surface area contributed by atoms with E-state index in [9.17, 15) is 10.0 Å². The molecule has 0 saturated carbocycles. The van der Waals surface area contributed by atoms with Crippen molar-refractivity contribution < 1.29 is 13.9 Å². The van der Waals surface area contributed by atoms with Crippen molar-refractivity contribution in [3.63, 3.8) is 0 Å². The number of hydrogen-bond acceptors (Lipinski definition) is 5. The van der Waals surface area contributed by atoms with Gasteiger partial charge < -0.3 is 19.3 Å². The fourth-order valence-electron chi connectivity index (χ4n) is 1.74. The lowest BCUT2D eigenvalue weighted by molar-refractivity contribution is -0.355.